The predicted molar refractivity (Wildman–Crippen MR) is 127 cm³/mol. The molecule has 32 heavy (non-hydrogen) atoms. The quantitative estimate of drug-likeness (QED) is 0.389. The van der Waals surface area contributed by atoms with Gasteiger partial charge in [-0.25, -0.2) is 0 Å². The fourth-order valence-corrected chi connectivity index (χ4v) is 4.82. The molecule has 4 aromatic rings. The van der Waals surface area contributed by atoms with E-state index in [1.165, 1.54) is 33.2 Å². The highest BCUT2D eigenvalue weighted by molar-refractivity contribution is 5.84. The van der Waals surface area contributed by atoms with E-state index >= 15 is 0 Å². The van der Waals surface area contributed by atoms with Crippen LogP contribution in [0.15, 0.2) is 72.9 Å². The summed E-state index contributed by atoms with van der Waals surface area (Å²) in [4.78, 5) is 10.9. The van der Waals surface area contributed by atoms with Gasteiger partial charge in [0.1, 0.15) is 11.4 Å². The molecule has 4 nitrogen and oxygen atoms in total. The molecule has 0 spiro atoms. The lowest BCUT2D eigenvalue weighted by atomic mass is 9.86. The SMILES string of the molecule is CC1(C)Oc2cc(Cn3cc(CCCC(=O)O)c4ccccc43)ccc2-c2ccccc21. The first-order valence-corrected chi connectivity index (χ1v) is 11.1. The number of aromatic nitrogens is 1. The first-order valence-electron chi connectivity index (χ1n) is 11.1. The summed E-state index contributed by atoms with van der Waals surface area (Å²) >= 11 is 0. The average molecular weight is 426 g/mol. The van der Waals surface area contributed by atoms with Gasteiger partial charge >= 0.3 is 5.97 Å². The Labute approximate surface area is 188 Å². The first-order chi connectivity index (χ1) is 15.4. The maximum absolute atomic E-state index is 10.9. The summed E-state index contributed by atoms with van der Waals surface area (Å²) in [6.45, 7) is 4.97. The Morgan fingerprint density at radius 1 is 1.00 bits per heavy atom. The highest BCUT2D eigenvalue weighted by Crippen LogP contribution is 2.45. The molecule has 0 radical (unpaired) electrons. The molecule has 1 aliphatic rings. The lowest BCUT2D eigenvalue weighted by Gasteiger charge is -2.35. The van der Waals surface area contributed by atoms with Crippen molar-refractivity contribution in [1.82, 2.24) is 4.57 Å². The Bertz CT molecular complexity index is 1320. The lowest BCUT2D eigenvalue weighted by molar-refractivity contribution is -0.137. The molecule has 1 aliphatic heterocycles. The second-order valence-corrected chi connectivity index (χ2v) is 9.04. The average Bonchev–Trinajstić information content (AvgIpc) is 3.11. The van der Waals surface area contributed by atoms with Crippen LogP contribution in [0.4, 0.5) is 0 Å². The third-order valence-corrected chi connectivity index (χ3v) is 6.34. The van der Waals surface area contributed by atoms with Crippen LogP contribution < -0.4 is 4.74 Å². The third kappa shape index (κ3) is 3.66. The molecule has 4 heteroatoms. The number of fused-ring (bicyclic) bond motifs is 4. The molecule has 1 N–H and O–H groups in total. The topological polar surface area (TPSA) is 51.5 Å². The van der Waals surface area contributed by atoms with Gasteiger partial charge in [-0.15, -0.1) is 0 Å². The van der Waals surface area contributed by atoms with Crippen LogP contribution in [0.1, 0.15) is 43.4 Å². The molecule has 2 heterocycles. The largest absolute Gasteiger partial charge is 0.482 e. The highest BCUT2D eigenvalue weighted by Gasteiger charge is 2.32. The van der Waals surface area contributed by atoms with E-state index in [1.807, 2.05) is 6.07 Å². The van der Waals surface area contributed by atoms with E-state index in [9.17, 15) is 4.79 Å². The number of carboxylic acid groups (broad SMARTS) is 1. The summed E-state index contributed by atoms with van der Waals surface area (Å²) < 4.78 is 8.69. The van der Waals surface area contributed by atoms with Gasteiger partial charge in [-0.05, 0) is 55.5 Å². The van der Waals surface area contributed by atoms with Crippen molar-refractivity contribution in [2.24, 2.45) is 0 Å². The van der Waals surface area contributed by atoms with Crippen molar-refractivity contribution in [3.63, 3.8) is 0 Å². The third-order valence-electron chi connectivity index (χ3n) is 6.34. The number of carbonyl (C=O) groups is 1. The number of ether oxygens (including phenoxy) is 1. The molecule has 0 fully saturated rings. The summed E-state index contributed by atoms with van der Waals surface area (Å²) in [6.07, 6.45) is 3.77. The highest BCUT2D eigenvalue weighted by atomic mass is 16.5. The van der Waals surface area contributed by atoms with Crippen molar-refractivity contribution in [2.75, 3.05) is 0 Å². The van der Waals surface area contributed by atoms with Crippen LogP contribution in [-0.2, 0) is 23.4 Å². The fraction of sp³-hybridized carbons (Fsp3) is 0.250. The minimum atomic E-state index is -0.743. The number of para-hydroxylation sites is 1. The van der Waals surface area contributed by atoms with Crippen molar-refractivity contribution < 1.29 is 14.6 Å². The van der Waals surface area contributed by atoms with Crippen molar-refractivity contribution in [1.29, 1.82) is 0 Å². The Morgan fingerprint density at radius 3 is 2.62 bits per heavy atom. The minimum Gasteiger partial charge on any atom is -0.482 e. The van der Waals surface area contributed by atoms with Crippen LogP contribution in [-0.4, -0.2) is 15.6 Å². The van der Waals surface area contributed by atoms with Crippen molar-refractivity contribution in [2.45, 2.75) is 45.3 Å². The predicted octanol–water partition coefficient (Wildman–Crippen LogP) is 6.39. The van der Waals surface area contributed by atoms with Crippen LogP contribution in [0.5, 0.6) is 5.75 Å². The number of rotatable bonds is 6. The van der Waals surface area contributed by atoms with E-state index < -0.39 is 5.97 Å². The van der Waals surface area contributed by atoms with Gasteiger partial charge in [0.25, 0.3) is 0 Å². The standard InChI is InChI=1S/C28H27NO3/c1-28(2)24-11-5-3-10-22(24)23-15-14-19(16-26(23)32-28)17-29-18-20(8-7-13-27(30)31)21-9-4-6-12-25(21)29/h3-6,9-12,14-16,18H,7-8,13,17H2,1-2H3,(H,30,31). The number of nitrogens with zero attached hydrogens (tertiary/aromatic N) is 1. The monoisotopic (exact) mass is 425 g/mol. The number of aliphatic carboxylic acids is 1. The fourth-order valence-electron chi connectivity index (χ4n) is 4.82. The summed E-state index contributed by atoms with van der Waals surface area (Å²) in [5.41, 5.74) is 6.75. The molecule has 3 aromatic carbocycles. The van der Waals surface area contributed by atoms with Gasteiger partial charge in [0.15, 0.2) is 0 Å². The van der Waals surface area contributed by atoms with E-state index in [-0.39, 0.29) is 12.0 Å². The normalized spacial score (nSPS) is 13.9. The molecule has 0 saturated carbocycles. The number of carboxylic acids is 1. The van der Waals surface area contributed by atoms with Crippen LogP contribution >= 0.6 is 0 Å². The Balaban J connectivity index is 1.48. The lowest BCUT2D eigenvalue weighted by Crippen LogP contribution is -2.29. The zero-order valence-electron chi connectivity index (χ0n) is 18.5. The molecule has 0 aliphatic carbocycles. The zero-order chi connectivity index (χ0) is 22.3. The molecule has 5 rings (SSSR count). The first kappa shape index (κ1) is 20.4. The minimum absolute atomic E-state index is 0.193. The molecule has 0 atom stereocenters. The Morgan fingerprint density at radius 2 is 1.78 bits per heavy atom. The van der Waals surface area contributed by atoms with Gasteiger partial charge in [0.2, 0.25) is 0 Å². The Hall–Kier alpha value is -3.53. The number of hydrogen-bond acceptors (Lipinski definition) is 2. The van der Waals surface area contributed by atoms with Crippen molar-refractivity contribution in [3.8, 4) is 16.9 Å². The molecule has 0 saturated heterocycles. The maximum atomic E-state index is 10.9. The number of aryl methyl sites for hydroxylation is 1. The van der Waals surface area contributed by atoms with Gasteiger partial charge in [-0.2, -0.15) is 0 Å². The van der Waals surface area contributed by atoms with Crippen molar-refractivity contribution in [3.05, 3.63) is 89.6 Å². The number of benzene rings is 3. The molecule has 0 unspecified atom stereocenters. The molecule has 0 bridgehead atoms. The van der Waals surface area contributed by atoms with Crippen LogP contribution in [0.2, 0.25) is 0 Å². The maximum Gasteiger partial charge on any atom is 0.303 e. The van der Waals surface area contributed by atoms with E-state index in [1.54, 1.807) is 0 Å². The van der Waals surface area contributed by atoms with Gasteiger partial charge in [-0.3, -0.25) is 4.79 Å². The summed E-state index contributed by atoms with van der Waals surface area (Å²) in [7, 11) is 0. The van der Waals surface area contributed by atoms with Gasteiger partial charge in [0, 0.05) is 41.2 Å². The van der Waals surface area contributed by atoms with Crippen LogP contribution in [0.3, 0.4) is 0 Å². The van der Waals surface area contributed by atoms with E-state index in [0.29, 0.717) is 6.42 Å². The number of hydrogen-bond donors (Lipinski definition) is 1. The van der Waals surface area contributed by atoms with Gasteiger partial charge < -0.3 is 14.4 Å². The van der Waals surface area contributed by atoms with Gasteiger partial charge in [0.05, 0.1) is 0 Å². The molecular formula is C28H27NO3. The van der Waals surface area contributed by atoms with E-state index in [0.717, 1.165) is 24.3 Å². The van der Waals surface area contributed by atoms with E-state index in [4.69, 9.17) is 9.84 Å². The van der Waals surface area contributed by atoms with Crippen LogP contribution in [0, 0.1) is 0 Å². The van der Waals surface area contributed by atoms with E-state index in [2.05, 4.69) is 85.3 Å². The Kier molecular flexibility index (Phi) is 5.01. The van der Waals surface area contributed by atoms with Crippen LogP contribution in [0.25, 0.3) is 22.0 Å². The summed E-state index contributed by atoms with van der Waals surface area (Å²) in [5, 5.41) is 10.2. The smallest absolute Gasteiger partial charge is 0.303 e. The second-order valence-electron chi connectivity index (χ2n) is 9.04. The molecule has 1 aromatic heterocycles. The molecule has 162 valence electrons. The van der Waals surface area contributed by atoms with Gasteiger partial charge in [-0.1, -0.05) is 54.6 Å². The second kappa shape index (κ2) is 7.86. The molecule has 0 amide bonds. The summed E-state index contributed by atoms with van der Waals surface area (Å²) in [5.74, 6) is 0.177. The summed E-state index contributed by atoms with van der Waals surface area (Å²) in [6, 6.07) is 23.3. The zero-order valence-corrected chi connectivity index (χ0v) is 18.5. The molecular weight excluding hydrogens is 398 g/mol. The van der Waals surface area contributed by atoms with Crippen molar-refractivity contribution >= 4 is 16.9 Å².